The zero-order chi connectivity index (χ0) is 25.9. The number of hydrogen-bond donors (Lipinski definition) is 0. The van der Waals surface area contributed by atoms with E-state index in [1.165, 1.54) is 11.1 Å². The quantitative estimate of drug-likeness (QED) is 0.305. The molecule has 2 heterocycles. The third-order valence-corrected chi connectivity index (χ3v) is 7.56. The van der Waals surface area contributed by atoms with Crippen LogP contribution in [0.5, 0.6) is 0 Å². The van der Waals surface area contributed by atoms with Crippen molar-refractivity contribution >= 4 is 34.6 Å². The Morgan fingerprint density at radius 2 is 1.32 bits per heavy atom. The zero-order valence-corrected chi connectivity index (χ0v) is 21.8. The molecule has 0 N–H and O–H groups in total. The van der Waals surface area contributed by atoms with Crippen LogP contribution in [0.4, 0.5) is 11.4 Å². The van der Waals surface area contributed by atoms with Gasteiger partial charge in [0.05, 0.1) is 24.1 Å². The largest absolute Gasteiger partial charge is 0.293 e. The molecule has 2 aliphatic heterocycles. The van der Waals surface area contributed by atoms with Crippen molar-refractivity contribution in [3.63, 3.8) is 0 Å². The molecule has 0 saturated carbocycles. The van der Waals surface area contributed by atoms with E-state index in [4.69, 9.17) is 16.6 Å². The van der Waals surface area contributed by atoms with Gasteiger partial charge in [-0.25, -0.2) is 4.99 Å². The minimum Gasteiger partial charge on any atom is -0.293 e. The summed E-state index contributed by atoms with van der Waals surface area (Å²) in [4.78, 5) is 25.0. The van der Waals surface area contributed by atoms with Gasteiger partial charge in [-0.3, -0.25) is 19.5 Å². The lowest BCUT2D eigenvalue weighted by Gasteiger charge is -2.40. The number of halogens is 1. The fourth-order valence-corrected chi connectivity index (χ4v) is 5.53. The Labute approximate surface area is 228 Å². The molecule has 5 nitrogen and oxygen atoms in total. The van der Waals surface area contributed by atoms with Crippen molar-refractivity contribution in [1.29, 1.82) is 0 Å². The lowest BCUT2D eigenvalue weighted by Crippen LogP contribution is -2.51. The molecule has 190 valence electrons. The molecule has 1 fully saturated rings. The molecule has 6 heteroatoms. The molecule has 1 atom stereocenters. The van der Waals surface area contributed by atoms with E-state index in [0.717, 1.165) is 48.1 Å². The van der Waals surface area contributed by atoms with Gasteiger partial charge in [0, 0.05) is 36.8 Å². The summed E-state index contributed by atoms with van der Waals surface area (Å²) < 4.78 is 0. The van der Waals surface area contributed by atoms with Crippen molar-refractivity contribution in [1.82, 2.24) is 9.80 Å². The van der Waals surface area contributed by atoms with Crippen LogP contribution in [-0.2, 0) is 4.79 Å². The summed E-state index contributed by atoms with van der Waals surface area (Å²) in [6.07, 6.45) is 0. The molecule has 4 aromatic carbocycles. The van der Waals surface area contributed by atoms with Crippen LogP contribution in [0.3, 0.4) is 0 Å². The van der Waals surface area contributed by atoms with Gasteiger partial charge in [-0.15, -0.1) is 0 Å². The maximum absolute atomic E-state index is 13.6. The Bertz CT molecular complexity index is 1430. The molecule has 6 rings (SSSR count). The smallest absolute Gasteiger partial charge is 0.278 e. The van der Waals surface area contributed by atoms with Gasteiger partial charge >= 0.3 is 0 Å². The van der Waals surface area contributed by atoms with Crippen molar-refractivity contribution in [3.8, 4) is 0 Å². The first-order valence-electron chi connectivity index (χ1n) is 13.0. The third-order valence-electron chi connectivity index (χ3n) is 7.31. The Morgan fingerprint density at radius 1 is 0.711 bits per heavy atom. The molecule has 1 saturated heterocycles. The summed E-state index contributed by atoms with van der Waals surface area (Å²) in [6, 6.07) is 36.6. The molecule has 0 spiro atoms. The van der Waals surface area contributed by atoms with Crippen molar-refractivity contribution in [2.45, 2.75) is 6.04 Å². The maximum atomic E-state index is 13.6. The maximum Gasteiger partial charge on any atom is 0.278 e. The van der Waals surface area contributed by atoms with Crippen molar-refractivity contribution < 1.29 is 4.79 Å². The van der Waals surface area contributed by atoms with E-state index in [2.05, 4.69) is 52.3 Å². The standard InChI is InChI=1S/C32H29ClN4O/c33-26-17-15-25(16-18-26)31(24-9-3-1-4-10-24)36-21-19-35(20-22-36)23-37-29-14-8-7-13-28(29)30(32(37)38)34-27-11-5-2-6-12-27/h1-18,31H,19-23H2/t31-/m0/s1. The monoisotopic (exact) mass is 520 g/mol. The van der Waals surface area contributed by atoms with Crippen LogP contribution in [-0.4, -0.2) is 54.3 Å². The Morgan fingerprint density at radius 3 is 2.03 bits per heavy atom. The van der Waals surface area contributed by atoms with E-state index in [1.807, 2.05) is 71.6 Å². The van der Waals surface area contributed by atoms with E-state index >= 15 is 0 Å². The number of carbonyl (C=O) groups excluding carboxylic acids is 1. The van der Waals surface area contributed by atoms with Crippen LogP contribution in [0.15, 0.2) is 114 Å². The summed E-state index contributed by atoms with van der Waals surface area (Å²) in [6.45, 7) is 4.09. The molecule has 4 aromatic rings. The summed E-state index contributed by atoms with van der Waals surface area (Å²) >= 11 is 6.19. The number of benzene rings is 4. The Balaban J connectivity index is 1.19. The molecule has 0 aromatic heterocycles. The van der Waals surface area contributed by atoms with Gasteiger partial charge in [0.1, 0.15) is 5.71 Å². The van der Waals surface area contributed by atoms with Crippen LogP contribution >= 0.6 is 11.6 Å². The van der Waals surface area contributed by atoms with E-state index in [0.29, 0.717) is 12.4 Å². The average Bonchev–Trinajstić information content (AvgIpc) is 3.22. The van der Waals surface area contributed by atoms with Gasteiger partial charge in [-0.1, -0.05) is 90.5 Å². The summed E-state index contributed by atoms with van der Waals surface area (Å²) in [5, 5.41) is 0.746. The summed E-state index contributed by atoms with van der Waals surface area (Å²) in [7, 11) is 0. The zero-order valence-electron chi connectivity index (χ0n) is 21.1. The van der Waals surface area contributed by atoms with Crippen molar-refractivity contribution in [2.75, 3.05) is 37.7 Å². The molecular weight excluding hydrogens is 492 g/mol. The van der Waals surface area contributed by atoms with Gasteiger partial charge in [0.15, 0.2) is 0 Å². The first-order chi connectivity index (χ1) is 18.7. The van der Waals surface area contributed by atoms with E-state index < -0.39 is 0 Å². The van der Waals surface area contributed by atoms with E-state index in [1.54, 1.807) is 0 Å². The van der Waals surface area contributed by atoms with E-state index in [9.17, 15) is 4.79 Å². The van der Waals surface area contributed by atoms with Gasteiger partial charge < -0.3 is 0 Å². The number of para-hydroxylation sites is 2. The number of fused-ring (bicyclic) bond motifs is 1. The third kappa shape index (κ3) is 5.01. The summed E-state index contributed by atoms with van der Waals surface area (Å²) in [5.74, 6) is -0.0409. The van der Waals surface area contributed by atoms with Crippen LogP contribution < -0.4 is 4.90 Å². The first-order valence-corrected chi connectivity index (χ1v) is 13.4. The lowest BCUT2D eigenvalue weighted by molar-refractivity contribution is -0.112. The average molecular weight is 521 g/mol. The van der Waals surface area contributed by atoms with Gasteiger partial charge in [0.2, 0.25) is 0 Å². The SMILES string of the molecule is O=C1C(=Nc2ccccc2)c2ccccc2N1CN1CCN([C@@H](c2ccccc2)c2ccc(Cl)cc2)CC1. The molecule has 1 amide bonds. The number of amides is 1. The second-order valence-electron chi connectivity index (χ2n) is 9.71. The van der Waals surface area contributed by atoms with Gasteiger partial charge in [-0.2, -0.15) is 0 Å². The normalized spacial score (nSPS) is 18.1. The molecule has 0 unspecified atom stereocenters. The highest BCUT2D eigenvalue weighted by molar-refractivity contribution is 6.54. The van der Waals surface area contributed by atoms with Crippen molar-refractivity contribution in [2.24, 2.45) is 4.99 Å². The highest BCUT2D eigenvalue weighted by Crippen LogP contribution is 2.33. The first kappa shape index (κ1) is 24.6. The number of anilines is 1. The lowest BCUT2D eigenvalue weighted by atomic mass is 9.96. The molecule has 0 bridgehead atoms. The number of nitrogens with zero attached hydrogens (tertiary/aromatic N) is 4. The predicted molar refractivity (Wildman–Crippen MR) is 154 cm³/mol. The van der Waals surface area contributed by atoms with Crippen LogP contribution in [0.2, 0.25) is 5.02 Å². The number of carbonyl (C=O) groups is 1. The van der Waals surface area contributed by atoms with Crippen molar-refractivity contribution in [3.05, 3.63) is 131 Å². The predicted octanol–water partition coefficient (Wildman–Crippen LogP) is 6.17. The molecule has 38 heavy (non-hydrogen) atoms. The van der Waals surface area contributed by atoms with Gasteiger partial charge in [0.25, 0.3) is 5.91 Å². The molecule has 0 aliphatic carbocycles. The minimum absolute atomic E-state index is 0.0409. The minimum atomic E-state index is -0.0409. The molecular formula is C32H29ClN4O. The Hall–Kier alpha value is -3.77. The van der Waals surface area contributed by atoms with Crippen LogP contribution in [0, 0.1) is 0 Å². The van der Waals surface area contributed by atoms with Crippen LogP contribution in [0.25, 0.3) is 0 Å². The molecule has 2 aliphatic rings. The number of aliphatic imine (C=N–C) groups is 1. The van der Waals surface area contributed by atoms with Gasteiger partial charge in [-0.05, 0) is 41.5 Å². The number of rotatable bonds is 6. The highest BCUT2D eigenvalue weighted by Gasteiger charge is 2.35. The topological polar surface area (TPSA) is 39.2 Å². The van der Waals surface area contributed by atoms with E-state index in [-0.39, 0.29) is 11.9 Å². The second kappa shape index (κ2) is 10.9. The fourth-order valence-electron chi connectivity index (χ4n) is 5.40. The summed E-state index contributed by atoms with van der Waals surface area (Å²) in [5.41, 5.74) is 5.63. The van der Waals surface area contributed by atoms with Crippen LogP contribution in [0.1, 0.15) is 22.7 Å². The number of hydrogen-bond acceptors (Lipinski definition) is 4. The second-order valence-corrected chi connectivity index (χ2v) is 10.1. The highest BCUT2D eigenvalue weighted by atomic mass is 35.5. The number of piperazine rings is 1. The molecule has 0 radical (unpaired) electrons. The fraction of sp³-hybridized carbons (Fsp3) is 0.188. The Kier molecular flexibility index (Phi) is 7.06.